The van der Waals surface area contributed by atoms with E-state index in [2.05, 4.69) is 15.0 Å². The fraction of sp³-hybridized carbons (Fsp3) is 0.0833. The molecule has 2 aromatic heterocycles. The predicted molar refractivity (Wildman–Crippen MR) is 75.4 cm³/mol. The molecule has 0 fully saturated rings. The molecule has 2 heterocycles. The summed E-state index contributed by atoms with van der Waals surface area (Å²) in [6.07, 6.45) is 1.64. The molecule has 0 unspecified atom stereocenters. The third-order valence-electron chi connectivity index (χ3n) is 2.55. The Bertz CT molecular complexity index is 788. The lowest BCUT2D eigenvalue weighted by molar-refractivity contribution is 0.636. The molecule has 0 radical (unpaired) electrons. The van der Waals surface area contributed by atoms with Crippen molar-refractivity contribution in [3.63, 3.8) is 0 Å². The normalized spacial score (nSPS) is 11.2. The highest BCUT2D eigenvalue weighted by molar-refractivity contribution is 7.14. The number of aromatic nitrogens is 3. The molecule has 96 valence electrons. The van der Waals surface area contributed by atoms with Crippen LogP contribution >= 0.6 is 34.5 Å². The maximum atomic E-state index is 13.8. The van der Waals surface area contributed by atoms with Crippen molar-refractivity contribution < 1.29 is 4.39 Å². The third kappa shape index (κ3) is 2.18. The van der Waals surface area contributed by atoms with E-state index in [0.29, 0.717) is 16.2 Å². The highest BCUT2D eigenvalue weighted by Gasteiger charge is 2.15. The molecule has 0 saturated carbocycles. The van der Waals surface area contributed by atoms with Crippen molar-refractivity contribution >= 4 is 45.4 Å². The maximum Gasteiger partial charge on any atom is 0.173 e. The summed E-state index contributed by atoms with van der Waals surface area (Å²) in [6.45, 7) is 1.87. The standard InChI is InChI=1S/C12H6Cl2FN3S/c1-5-16-4-8(19-5)12-17-10-7(15)3-2-6(13)9(10)11(14)18-12/h2-4H,1H3. The van der Waals surface area contributed by atoms with Gasteiger partial charge in [0.2, 0.25) is 0 Å². The molecule has 0 amide bonds. The van der Waals surface area contributed by atoms with E-state index in [1.54, 1.807) is 6.20 Å². The molecular weight excluding hydrogens is 308 g/mol. The Labute approximate surface area is 122 Å². The van der Waals surface area contributed by atoms with Crippen molar-refractivity contribution in [2.24, 2.45) is 0 Å². The number of hydrogen-bond donors (Lipinski definition) is 0. The molecule has 0 spiro atoms. The Hall–Kier alpha value is -1.30. The summed E-state index contributed by atoms with van der Waals surface area (Å²) >= 11 is 13.5. The van der Waals surface area contributed by atoms with Crippen LogP contribution in [0.4, 0.5) is 4.39 Å². The van der Waals surface area contributed by atoms with Crippen LogP contribution in [0.15, 0.2) is 18.3 Å². The number of fused-ring (bicyclic) bond motifs is 1. The Morgan fingerprint density at radius 2 is 2.00 bits per heavy atom. The lowest BCUT2D eigenvalue weighted by atomic mass is 10.2. The van der Waals surface area contributed by atoms with Crippen molar-refractivity contribution in [2.45, 2.75) is 6.92 Å². The van der Waals surface area contributed by atoms with Crippen LogP contribution in [-0.2, 0) is 0 Å². The Morgan fingerprint density at radius 1 is 1.21 bits per heavy atom. The summed E-state index contributed by atoms with van der Waals surface area (Å²) in [6, 6.07) is 2.70. The molecule has 7 heteroatoms. The van der Waals surface area contributed by atoms with Crippen LogP contribution in [0, 0.1) is 12.7 Å². The summed E-state index contributed by atoms with van der Waals surface area (Å²) in [5, 5.41) is 1.67. The summed E-state index contributed by atoms with van der Waals surface area (Å²) in [4.78, 5) is 13.2. The number of halogens is 3. The van der Waals surface area contributed by atoms with Gasteiger partial charge in [-0.2, -0.15) is 0 Å². The molecule has 0 aliphatic rings. The van der Waals surface area contributed by atoms with Gasteiger partial charge in [-0.3, -0.25) is 0 Å². The Morgan fingerprint density at radius 3 is 2.68 bits per heavy atom. The minimum absolute atomic E-state index is 0.119. The summed E-state index contributed by atoms with van der Waals surface area (Å²) in [5.41, 5.74) is 0.119. The second kappa shape index (κ2) is 4.67. The van der Waals surface area contributed by atoms with E-state index in [4.69, 9.17) is 23.2 Å². The Kier molecular flexibility index (Phi) is 3.12. The average molecular weight is 314 g/mol. The molecule has 0 atom stereocenters. The van der Waals surface area contributed by atoms with Gasteiger partial charge in [-0.15, -0.1) is 11.3 Å². The summed E-state index contributed by atoms with van der Waals surface area (Å²) < 4.78 is 13.8. The fourth-order valence-corrected chi connectivity index (χ4v) is 2.97. The smallest absolute Gasteiger partial charge is 0.173 e. The zero-order valence-electron chi connectivity index (χ0n) is 9.62. The van der Waals surface area contributed by atoms with E-state index in [0.717, 1.165) is 9.88 Å². The van der Waals surface area contributed by atoms with Crippen LogP contribution < -0.4 is 0 Å². The molecule has 3 aromatic rings. The number of nitrogens with zero attached hydrogens (tertiary/aromatic N) is 3. The van der Waals surface area contributed by atoms with Crippen LogP contribution in [0.25, 0.3) is 21.6 Å². The van der Waals surface area contributed by atoms with E-state index in [9.17, 15) is 4.39 Å². The number of hydrogen-bond acceptors (Lipinski definition) is 4. The molecule has 0 N–H and O–H groups in total. The molecule has 0 bridgehead atoms. The van der Waals surface area contributed by atoms with E-state index < -0.39 is 5.82 Å². The van der Waals surface area contributed by atoms with Crippen LogP contribution in [-0.4, -0.2) is 15.0 Å². The van der Waals surface area contributed by atoms with Crippen molar-refractivity contribution in [2.75, 3.05) is 0 Å². The van der Waals surface area contributed by atoms with Gasteiger partial charge in [-0.25, -0.2) is 19.3 Å². The van der Waals surface area contributed by atoms with Gasteiger partial charge in [0.15, 0.2) is 5.82 Å². The average Bonchev–Trinajstić information content (AvgIpc) is 2.80. The number of aryl methyl sites for hydroxylation is 1. The largest absolute Gasteiger partial charge is 0.249 e. The second-order valence-electron chi connectivity index (χ2n) is 3.83. The van der Waals surface area contributed by atoms with Crippen LogP contribution in [0.1, 0.15) is 5.01 Å². The van der Waals surface area contributed by atoms with E-state index in [1.807, 2.05) is 6.92 Å². The van der Waals surface area contributed by atoms with Crippen molar-refractivity contribution in [1.82, 2.24) is 15.0 Å². The van der Waals surface area contributed by atoms with Crippen molar-refractivity contribution in [3.05, 3.63) is 39.3 Å². The summed E-state index contributed by atoms with van der Waals surface area (Å²) in [7, 11) is 0. The quantitative estimate of drug-likeness (QED) is 0.620. The van der Waals surface area contributed by atoms with Gasteiger partial charge >= 0.3 is 0 Å². The highest BCUT2D eigenvalue weighted by Crippen LogP contribution is 2.32. The monoisotopic (exact) mass is 313 g/mol. The highest BCUT2D eigenvalue weighted by atomic mass is 35.5. The molecule has 3 rings (SSSR count). The lowest BCUT2D eigenvalue weighted by Gasteiger charge is -2.05. The first-order valence-corrected chi connectivity index (χ1v) is 6.87. The van der Waals surface area contributed by atoms with Gasteiger partial charge in [-0.05, 0) is 19.1 Å². The van der Waals surface area contributed by atoms with Gasteiger partial charge < -0.3 is 0 Å². The first kappa shape index (κ1) is 12.7. The molecular formula is C12H6Cl2FN3S. The molecule has 3 nitrogen and oxygen atoms in total. The molecule has 0 aliphatic carbocycles. The van der Waals surface area contributed by atoms with Gasteiger partial charge in [0.05, 0.1) is 20.3 Å². The van der Waals surface area contributed by atoms with Crippen LogP contribution in [0.2, 0.25) is 10.2 Å². The van der Waals surface area contributed by atoms with Crippen LogP contribution in [0.3, 0.4) is 0 Å². The van der Waals surface area contributed by atoms with E-state index in [1.165, 1.54) is 23.5 Å². The lowest BCUT2D eigenvalue weighted by Crippen LogP contribution is -1.93. The first-order chi connectivity index (χ1) is 9.06. The number of rotatable bonds is 1. The van der Waals surface area contributed by atoms with Crippen LogP contribution in [0.5, 0.6) is 0 Å². The SMILES string of the molecule is Cc1ncc(-c2nc(Cl)c3c(Cl)ccc(F)c3n2)s1. The first-order valence-electron chi connectivity index (χ1n) is 5.30. The summed E-state index contributed by atoms with van der Waals surface area (Å²) in [5.74, 6) is -0.129. The maximum absolute atomic E-state index is 13.8. The molecule has 0 aliphatic heterocycles. The minimum Gasteiger partial charge on any atom is -0.249 e. The topological polar surface area (TPSA) is 38.7 Å². The molecule has 19 heavy (non-hydrogen) atoms. The van der Waals surface area contributed by atoms with Gasteiger partial charge in [0.1, 0.15) is 16.5 Å². The fourth-order valence-electron chi connectivity index (χ4n) is 1.70. The molecule has 0 saturated heterocycles. The minimum atomic E-state index is -0.480. The zero-order chi connectivity index (χ0) is 13.6. The Balaban J connectivity index is 2.33. The van der Waals surface area contributed by atoms with E-state index >= 15 is 0 Å². The predicted octanol–water partition coefficient (Wildman–Crippen LogP) is 4.51. The number of benzene rings is 1. The number of thiazole rings is 1. The second-order valence-corrected chi connectivity index (χ2v) is 5.83. The van der Waals surface area contributed by atoms with Gasteiger partial charge in [0, 0.05) is 6.20 Å². The van der Waals surface area contributed by atoms with Crippen molar-refractivity contribution in [3.8, 4) is 10.7 Å². The van der Waals surface area contributed by atoms with Crippen molar-refractivity contribution in [1.29, 1.82) is 0 Å². The zero-order valence-corrected chi connectivity index (χ0v) is 11.9. The van der Waals surface area contributed by atoms with Gasteiger partial charge in [0.25, 0.3) is 0 Å². The van der Waals surface area contributed by atoms with E-state index in [-0.39, 0.29) is 10.7 Å². The third-order valence-corrected chi connectivity index (χ3v) is 4.04. The van der Waals surface area contributed by atoms with Gasteiger partial charge in [-0.1, -0.05) is 23.2 Å². The molecule has 1 aromatic carbocycles.